The molecule has 0 rings (SSSR count). The molecule has 0 aromatic heterocycles. The van der Waals surface area contributed by atoms with Crippen LogP contribution in [-0.2, 0) is 38.8 Å². The van der Waals surface area contributed by atoms with Crippen LogP contribution in [0.15, 0.2) is 0 Å². The molecule has 0 heterocycles. The van der Waals surface area contributed by atoms with Crippen molar-refractivity contribution in [3.05, 3.63) is 0 Å². The zero-order chi connectivity index (χ0) is 6.00. The van der Waals surface area contributed by atoms with Crippen LogP contribution in [-0.4, -0.2) is 10.5 Å². The molecule has 0 radical (unpaired) electrons. The van der Waals surface area contributed by atoms with Gasteiger partial charge in [-0.3, -0.25) is 10.5 Å². The summed E-state index contributed by atoms with van der Waals surface area (Å²) in [5.41, 5.74) is 0. The average molecular weight is 184 g/mol. The first kappa shape index (κ1) is 16.0. The predicted octanol–water partition coefficient (Wildman–Crippen LogP) is -0.225. The van der Waals surface area contributed by atoms with Crippen molar-refractivity contribution in [3.63, 3.8) is 0 Å². The second-order valence-electron chi connectivity index (χ2n) is 0. The third kappa shape index (κ3) is 207. The molecule has 0 aliphatic rings. The first-order valence-electron chi connectivity index (χ1n) is 0.465. The van der Waals surface area contributed by atoms with Gasteiger partial charge in [-0.2, -0.15) is 0 Å². The summed E-state index contributed by atoms with van der Waals surface area (Å²) >= 11 is 4.94. The van der Waals surface area contributed by atoms with E-state index in [1.807, 2.05) is 0 Å². The molecule has 0 unspecified atom stereocenters. The Morgan fingerprint density at radius 3 is 1.17 bits per heavy atom. The fourth-order valence-corrected chi connectivity index (χ4v) is 0. The zero-order valence-corrected chi connectivity index (χ0v) is 4.39. The molecule has 0 aromatic rings. The van der Waals surface area contributed by atoms with Gasteiger partial charge in [0.15, 0.2) is 0 Å². The summed E-state index contributed by atoms with van der Waals surface area (Å²) in [6.45, 7) is 0. The summed E-state index contributed by atoms with van der Waals surface area (Å²) in [6.07, 6.45) is 0. The summed E-state index contributed by atoms with van der Waals surface area (Å²) in [5, 5.41) is 12.0. The maximum atomic E-state index is 7.94. The topological polar surface area (TPSA) is 74.6 Å². The fraction of sp³-hybridized carbons (Fsp3) is 0. The average Bonchev–Trinajstić information content (AvgIpc) is 1.81. The van der Waals surface area contributed by atoms with Gasteiger partial charge in [-0.15, -0.1) is 0 Å². The summed E-state index contributed by atoms with van der Waals surface area (Å²) in [7, 11) is 0. The van der Waals surface area contributed by atoms with Crippen molar-refractivity contribution in [2.75, 3.05) is 0 Å². The van der Waals surface area contributed by atoms with E-state index < -0.39 is 0 Å². The van der Waals surface area contributed by atoms with Crippen LogP contribution in [0.4, 0.5) is 0 Å². The molecule has 0 amide bonds. The molecule has 0 saturated heterocycles. The van der Waals surface area contributed by atoms with Crippen molar-refractivity contribution >= 4 is 0 Å². The number of hydrogen-bond acceptors (Lipinski definition) is 4. The van der Waals surface area contributed by atoms with Gasteiger partial charge in [-0.25, -0.2) is 0 Å². The molecule has 0 bridgehead atoms. The van der Waals surface area contributed by atoms with Crippen LogP contribution in [0.3, 0.4) is 0 Å². The molecule has 0 atom stereocenters. The fourth-order valence-electron chi connectivity index (χ4n) is 0. The van der Waals surface area contributed by atoms with E-state index in [1.165, 1.54) is 0 Å². The molecule has 0 fully saturated rings. The second kappa shape index (κ2) is 417. The van der Waals surface area contributed by atoms with E-state index in [9.17, 15) is 0 Å². The van der Waals surface area contributed by atoms with Crippen LogP contribution < -0.4 is 0 Å². The van der Waals surface area contributed by atoms with Gasteiger partial charge in [0.05, 0.1) is 0 Å². The molecule has 0 aromatic carbocycles. The third-order valence-electron chi connectivity index (χ3n) is 0. The van der Waals surface area contributed by atoms with Gasteiger partial charge < -0.3 is 0 Å². The van der Waals surface area contributed by atoms with Gasteiger partial charge in [0, 0.05) is 0 Å². The second-order valence-corrected chi connectivity index (χ2v) is 0. The van der Waals surface area contributed by atoms with Gasteiger partial charge in [0.1, 0.15) is 0 Å². The SMILES string of the molecule is OO.[O]=[Co].[O]=[Ni]. The van der Waals surface area contributed by atoms with Gasteiger partial charge in [-0.05, 0) is 0 Å². The molecule has 45 valence electrons. The minimum absolute atomic E-state index is 2.31. The van der Waals surface area contributed by atoms with Gasteiger partial charge in [-0.1, -0.05) is 0 Å². The molecule has 6 heavy (non-hydrogen) atoms. The minimum atomic E-state index is 2.31. The Bertz CT molecular complexity index is 9.51. The Kier molecular flexibility index (Phi) is 1110. The summed E-state index contributed by atoms with van der Waals surface area (Å²) in [5.74, 6) is 0. The van der Waals surface area contributed by atoms with Crippen molar-refractivity contribution in [1.29, 1.82) is 0 Å². The van der Waals surface area contributed by atoms with Crippen LogP contribution in [0.25, 0.3) is 0 Å². The molecule has 0 aliphatic heterocycles. The maximum absolute atomic E-state index is 7.94. The molecular formula is H2CoNiO4. The van der Waals surface area contributed by atoms with E-state index in [2.05, 4.69) is 31.1 Å². The number of hydrogen-bond donors (Lipinski definition) is 2. The van der Waals surface area contributed by atoms with Gasteiger partial charge in [0.25, 0.3) is 0 Å². The predicted molar refractivity (Wildman–Crippen MR) is 6.63 cm³/mol. The zero-order valence-electron chi connectivity index (χ0n) is 2.36. The van der Waals surface area contributed by atoms with Crippen molar-refractivity contribution in [1.82, 2.24) is 0 Å². The standard InChI is InChI=1S/Co.Ni.H2O2.2O/c;;1-2;;/h;;1-2H;;. The van der Waals surface area contributed by atoms with Gasteiger partial charge in [0.2, 0.25) is 0 Å². The first-order valence-corrected chi connectivity index (χ1v) is 1.29. The van der Waals surface area contributed by atoms with Crippen molar-refractivity contribution in [2.24, 2.45) is 0 Å². The van der Waals surface area contributed by atoms with E-state index in [4.69, 9.17) is 18.3 Å². The van der Waals surface area contributed by atoms with Crippen LogP contribution >= 0.6 is 0 Å². The third-order valence-corrected chi connectivity index (χ3v) is 0. The van der Waals surface area contributed by atoms with Crippen molar-refractivity contribution in [3.8, 4) is 0 Å². The summed E-state index contributed by atoms with van der Waals surface area (Å²) in [6, 6.07) is 0. The van der Waals surface area contributed by atoms with Crippen molar-refractivity contribution in [2.45, 2.75) is 0 Å². The van der Waals surface area contributed by atoms with Crippen LogP contribution in [0.2, 0.25) is 0 Å². The van der Waals surface area contributed by atoms with E-state index in [-0.39, 0.29) is 0 Å². The summed E-state index contributed by atoms with van der Waals surface area (Å²) < 4.78 is 15.8. The monoisotopic (exact) mass is 183 g/mol. The van der Waals surface area contributed by atoms with E-state index in [1.54, 1.807) is 0 Å². The molecule has 2 N–H and O–H groups in total. The molecular weight excluding hydrogens is 182 g/mol. The van der Waals surface area contributed by atoms with Crippen LogP contribution in [0.1, 0.15) is 0 Å². The van der Waals surface area contributed by atoms with Crippen molar-refractivity contribution < 1.29 is 49.3 Å². The summed E-state index contributed by atoms with van der Waals surface area (Å²) in [4.78, 5) is 0. The first-order chi connectivity index (χ1) is 3.00. The Hall–Kier alpha value is 0.520. The quantitative estimate of drug-likeness (QED) is 0.309. The Morgan fingerprint density at radius 2 is 1.17 bits per heavy atom. The molecule has 0 aliphatic carbocycles. The normalized spacial score (nSPS) is 2.83. The molecule has 6 heteroatoms. The Morgan fingerprint density at radius 1 is 1.17 bits per heavy atom. The van der Waals surface area contributed by atoms with Crippen LogP contribution in [0, 0.1) is 0 Å². The Labute approximate surface area is 49.8 Å². The molecule has 4 nitrogen and oxygen atoms in total. The van der Waals surface area contributed by atoms with Crippen LogP contribution in [0.5, 0.6) is 0 Å². The van der Waals surface area contributed by atoms with E-state index in [0.29, 0.717) is 0 Å². The number of rotatable bonds is 0. The van der Waals surface area contributed by atoms with Gasteiger partial charge >= 0.3 is 38.8 Å². The van der Waals surface area contributed by atoms with E-state index in [0.717, 1.165) is 0 Å². The molecule has 0 spiro atoms. The van der Waals surface area contributed by atoms with E-state index >= 15 is 0 Å². The Balaban J connectivity index is -0.0000000225. The molecule has 0 saturated carbocycles.